The molecule has 2 heteroatoms. The molecule has 0 saturated heterocycles. The van der Waals surface area contributed by atoms with E-state index < -0.39 is 12.3 Å². The van der Waals surface area contributed by atoms with Crippen molar-refractivity contribution in [2.45, 2.75) is 103 Å². The molecule has 0 heterocycles. The Balaban J connectivity index is 1.37. The Hall–Kier alpha value is -0.140. The van der Waals surface area contributed by atoms with Crippen LogP contribution in [0.5, 0.6) is 0 Å². The Morgan fingerprint density at radius 3 is 1.83 bits per heavy atom. The van der Waals surface area contributed by atoms with E-state index in [2.05, 4.69) is 6.92 Å². The molecule has 3 saturated carbocycles. The topological polar surface area (TPSA) is 0 Å². The molecule has 0 aromatic rings. The average molecular weight is 341 g/mol. The van der Waals surface area contributed by atoms with Gasteiger partial charge in [0.15, 0.2) is 0 Å². The van der Waals surface area contributed by atoms with Crippen LogP contribution in [0.25, 0.3) is 0 Å². The first-order chi connectivity index (χ1) is 11.5. The zero-order chi connectivity index (χ0) is 17.1. The Kier molecular flexibility index (Phi) is 6.60. The van der Waals surface area contributed by atoms with Gasteiger partial charge in [0.2, 0.25) is 0 Å². The molecule has 3 aliphatic carbocycles. The highest BCUT2D eigenvalue weighted by Crippen LogP contribution is 2.43. The molecule has 0 N–H and O–H groups in total. The number of alkyl halides is 2. The predicted octanol–water partition coefficient (Wildman–Crippen LogP) is 7.12. The van der Waals surface area contributed by atoms with Crippen molar-refractivity contribution < 1.29 is 8.78 Å². The summed E-state index contributed by atoms with van der Waals surface area (Å²) in [5.74, 6) is 3.61. The molecule has 0 aromatic carbocycles. The molecule has 4 atom stereocenters. The van der Waals surface area contributed by atoms with E-state index in [1.807, 2.05) is 6.92 Å². The van der Waals surface area contributed by atoms with Crippen LogP contribution in [0.3, 0.4) is 0 Å². The lowest BCUT2D eigenvalue weighted by atomic mass is 9.68. The van der Waals surface area contributed by atoms with Gasteiger partial charge in [0, 0.05) is 0 Å². The van der Waals surface area contributed by atoms with Crippen LogP contribution in [-0.4, -0.2) is 12.3 Å². The van der Waals surface area contributed by atoms with Gasteiger partial charge in [-0.15, -0.1) is 0 Å². The summed E-state index contributed by atoms with van der Waals surface area (Å²) in [4.78, 5) is 0. The third-order valence-electron chi connectivity index (χ3n) is 7.86. The van der Waals surface area contributed by atoms with Crippen molar-refractivity contribution in [3.8, 4) is 0 Å². The van der Waals surface area contributed by atoms with Crippen LogP contribution in [0.1, 0.15) is 90.9 Å². The van der Waals surface area contributed by atoms with Crippen LogP contribution in [0.4, 0.5) is 8.78 Å². The van der Waals surface area contributed by atoms with Crippen LogP contribution < -0.4 is 0 Å². The number of hydrogen-bond donors (Lipinski definition) is 0. The summed E-state index contributed by atoms with van der Waals surface area (Å²) in [5, 5.41) is 0. The second-order valence-corrected chi connectivity index (χ2v) is 9.58. The summed E-state index contributed by atoms with van der Waals surface area (Å²) < 4.78 is 28.1. The Morgan fingerprint density at radius 1 is 0.625 bits per heavy atom. The number of halogens is 2. The van der Waals surface area contributed by atoms with E-state index >= 15 is 0 Å². The maximum Gasteiger partial charge on any atom is 0.134 e. The Labute approximate surface area is 148 Å². The maximum atomic E-state index is 14.2. The molecule has 0 aliphatic heterocycles. The molecule has 0 aromatic heterocycles. The molecule has 3 rings (SSSR count). The normalized spacial score (nSPS) is 47.5. The van der Waals surface area contributed by atoms with E-state index in [0.29, 0.717) is 0 Å². The molecule has 24 heavy (non-hydrogen) atoms. The van der Waals surface area contributed by atoms with Crippen molar-refractivity contribution in [2.24, 2.45) is 35.5 Å². The van der Waals surface area contributed by atoms with E-state index in [4.69, 9.17) is 0 Å². The molecule has 0 bridgehead atoms. The molecule has 3 aliphatic rings. The third-order valence-corrected chi connectivity index (χ3v) is 7.86. The van der Waals surface area contributed by atoms with Gasteiger partial charge in [0.05, 0.1) is 0 Å². The second-order valence-electron chi connectivity index (χ2n) is 9.58. The zero-order valence-corrected chi connectivity index (χ0v) is 15.9. The van der Waals surface area contributed by atoms with Crippen molar-refractivity contribution in [1.29, 1.82) is 0 Å². The van der Waals surface area contributed by atoms with E-state index in [1.54, 1.807) is 0 Å². The lowest BCUT2D eigenvalue weighted by Gasteiger charge is -2.38. The van der Waals surface area contributed by atoms with Crippen LogP contribution >= 0.6 is 0 Å². The highest BCUT2D eigenvalue weighted by molar-refractivity contribution is 4.87. The fourth-order valence-corrected chi connectivity index (χ4v) is 5.83. The third kappa shape index (κ3) is 4.52. The quantitative estimate of drug-likeness (QED) is 0.511. The van der Waals surface area contributed by atoms with Crippen LogP contribution in [0.15, 0.2) is 0 Å². The minimum Gasteiger partial charge on any atom is -0.244 e. The molecular formula is C22H38F2. The van der Waals surface area contributed by atoms with Gasteiger partial charge < -0.3 is 0 Å². The first kappa shape index (κ1) is 18.6. The maximum absolute atomic E-state index is 14.2. The van der Waals surface area contributed by atoms with Crippen molar-refractivity contribution >= 4 is 0 Å². The van der Waals surface area contributed by atoms with E-state index in [-0.39, 0.29) is 11.8 Å². The Bertz CT molecular complexity index is 366. The van der Waals surface area contributed by atoms with Gasteiger partial charge in [-0.1, -0.05) is 46.0 Å². The fraction of sp³-hybridized carbons (Fsp3) is 1.00. The predicted molar refractivity (Wildman–Crippen MR) is 97.5 cm³/mol. The monoisotopic (exact) mass is 340 g/mol. The zero-order valence-electron chi connectivity index (χ0n) is 15.9. The molecule has 0 amide bonds. The van der Waals surface area contributed by atoms with Gasteiger partial charge in [-0.2, -0.15) is 0 Å². The SMILES string of the molecule is CC1CCC(C2CCC(CCC3CCC(C)C(F)C3F)CC2)CC1. The summed E-state index contributed by atoms with van der Waals surface area (Å²) in [6.45, 7) is 4.26. The van der Waals surface area contributed by atoms with Crippen LogP contribution in [0.2, 0.25) is 0 Å². The van der Waals surface area contributed by atoms with Gasteiger partial charge in [-0.25, -0.2) is 8.78 Å². The van der Waals surface area contributed by atoms with Gasteiger partial charge in [0.25, 0.3) is 0 Å². The summed E-state index contributed by atoms with van der Waals surface area (Å²) in [5.41, 5.74) is 0. The molecular weight excluding hydrogens is 302 g/mol. The molecule has 4 unspecified atom stereocenters. The molecule has 3 fully saturated rings. The van der Waals surface area contributed by atoms with Crippen molar-refractivity contribution in [2.75, 3.05) is 0 Å². The van der Waals surface area contributed by atoms with Crippen molar-refractivity contribution in [3.05, 3.63) is 0 Å². The van der Waals surface area contributed by atoms with E-state index in [1.165, 1.54) is 51.4 Å². The van der Waals surface area contributed by atoms with Crippen molar-refractivity contribution in [1.82, 2.24) is 0 Å². The molecule has 0 spiro atoms. The highest BCUT2D eigenvalue weighted by Gasteiger charge is 2.38. The summed E-state index contributed by atoms with van der Waals surface area (Å²) in [6.07, 6.45) is 12.7. The molecule has 0 radical (unpaired) electrons. The summed E-state index contributed by atoms with van der Waals surface area (Å²) in [6, 6.07) is 0. The van der Waals surface area contributed by atoms with Gasteiger partial charge in [0.1, 0.15) is 12.3 Å². The highest BCUT2D eigenvalue weighted by atomic mass is 19.2. The van der Waals surface area contributed by atoms with E-state index in [0.717, 1.165) is 49.4 Å². The van der Waals surface area contributed by atoms with Gasteiger partial charge in [-0.3, -0.25) is 0 Å². The fourth-order valence-electron chi connectivity index (χ4n) is 5.83. The van der Waals surface area contributed by atoms with Crippen LogP contribution in [-0.2, 0) is 0 Å². The average Bonchev–Trinajstić information content (AvgIpc) is 2.60. The second kappa shape index (κ2) is 8.49. The van der Waals surface area contributed by atoms with Gasteiger partial charge in [-0.05, 0) is 80.5 Å². The molecule has 0 nitrogen and oxygen atoms in total. The van der Waals surface area contributed by atoms with Crippen LogP contribution in [0, 0.1) is 35.5 Å². The standard InChI is InChI=1S/C22H38F2/c1-15-3-9-18(10-4-15)19-12-6-17(7-13-19)8-14-20-11-5-16(2)21(23)22(20)24/h15-22H,3-14H2,1-2H3. The first-order valence-corrected chi connectivity index (χ1v) is 10.8. The Morgan fingerprint density at radius 2 is 1.21 bits per heavy atom. The smallest absolute Gasteiger partial charge is 0.134 e. The largest absolute Gasteiger partial charge is 0.244 e. The first-order valence-electron chi connectivity index (χ1n) is 10.8. The lowest BCUT2D eigenvalue weighted by molar-refractivity contribution is 0.0224. The lowest BCUT2D eigenvalue weighted by Crippen LogP contribution is -2.37. The minimum absolute atomic E-state index is 0.00578. The number of hydrogen-bond acceptors (Lipinski definition) is 0. The van der Waals surface area contributed by atoms with Crippen molar-refractivity contribution in [3.63, 3.8) is 0 Å². The van der Waals surface area contributed by atoms with Gasteiger partial charge >= 0.3 is 0 Å². The van der Waals surface area contributed by atoms with E-state index in [9.17, 15) is 8.78 Å². The summed E-state index contributed by atoms with van der Waals surface area (Å²) >= 11 is 0. The summed E-state index contributed by atoms with van der Waals surface area (Å²) in [7, 11) is 0. The molecule has 140 valence electrons. The number of rotatable bonds is 4. The minimum atomic E-state index is -1.21.